The van der Waals surface area contributed by atoms with E-state index in [1.54, 1.807) is 36.4 Å². The van der Waals surface area contributed by atoms with Gasteiger partial charge < -0.3 is 9.32 Å². The number of aryl methyl sites for hydroxylation is 1. The van der Waals surface area contributed by atoms with Crippen molar-refractivity contribution in [3.63, 3.8) is 0 Å². The highest BCUT2D eigenvalue weighted by atomic mass is 19.1. The van der Waals surface area contributed by atoms with Crippen LogP contribution >= 0.6 is 0 Å². The summed E-state index contributed by atoms with van der Waals surface area (Å²) in [4.78, 5) is 27.5. The Morgan fingerprint density at radius 2 is 2.18 bits per heavy atom. The number of carbonyl (C=O) groups is 1. The molecule has 1 aliphatic rings. The third-order valence-electron chi connectivity index (χ3n) is 4.88. The average Bonchev–Trinajstić information content (AvgIpc) is 3.16. The van der Waals surface area contributed by atoms with Crippen LogP contribution in [-0.2, 0) is 6.42 Å². The molecule has 0 saturated carbocycles. The van der Waals surface area contributed by atoms with E-state index in [1.807, 2.05) is 6.07 Å². The minimum atomic E-state index is -0.276. The van der Waals surface area contributed by atoms with Crippen molar-refractivity contribution in [3.8, 4) is 0 Å². The number of piperidine rings is 1. The number of nitrogens with zero attached hydrogens (tertiary/aromatic N) is 4. The van der Waals surface area contributed by atoms with E-state index in [1.165, 1.54) is 12.1 Å². The second kappa shape index (κ2) is 7.88. The first kappa shape index (κ1) is 18.3. The fourth-order valence-electron chi connectivity index (χ4n) is 3.56. The maximum absolute atomic E-state index is 13.4. The van der Waals surface area contributed by atoms with Gasteiger partial charge in [-0.15, -0.1) is 0 Å². The van der Waals surface area contributed by atoms with Crippen LogP contribution in [0.4, 0.5) is 4.39 Å². The van der Waals surface area contributed by atoms with Crippen molar-refractivity contribution in [2.24, 2.45) is 0 Å². The SMILES string of the molecule is Cc1nccc(C(=O)N2CCCC[C@@H]2c2ncc(Cc3cccc(F)c3)o2)n1. The average molecular weight is 380 g/mol. The number of oxazole rings is 1. The summed E-state index contributed by atoms with van der Waals surface area (Å²) < 4.78 is 19.3. The predicted molar refractivity (Wildman–Crippen MR) is 100 cm³/mol. The molecule has 6 nitrogen and oxygen atoms in total. The number of amides is 1. The highest BCUT2D eigenvalue weighted by molar-refractivity contribution is 5.92. The van der Waals surface area contributed by atoms with Crippen LogP contribution in [0.25, 0.3) is 0 Å². The molecular weight excluding hydrogens is 359 g/mol. The van der Waals surface area contributed by atoms with Crippen molar-refractivity contribution in [2.75, 3.05) is 6.54 Å². The van der Waals surface area contributed by atoms with E-state index in [2.05, 4.69) is 15.0 Å². The molecule has 0 aliphatic carbocycles. The van der Waals surface area contributed by atoms with Crippen molar-refractivity contribution in [2.45, 2.75) is 38.6 Å². The lowest BCUT2D eigenvalue weighted by Gasteiger charge is -2.33. The summed E-state index contributed by atoms with van der Waals surface area (Å²) in [5.74, 6) is 1.32. The zero-order valence-electron chi connectivity index (χ0n) is 15.6. The number of hydrogen-bond acceptors (Lipinski definition) is 5. The fourth-order valence-corrected chi connectivity index (χ4v) is 3.56. The van der Waals surface area contributed by atoms with E-state index in [9.17, 15) is 9.18 Å². The van der Waals surface area contributed by atoms with Crippen molar-refractivity contribution in [1.29, 1.82) is 0 Å². The Morgan fingerprint density at radius 3 is 3.00 bits per heavy atom. The van der Waals surface area contributed by atoms with E-state index in [0.29, 0.717) is 36.1 Å². The predicted octanol–water partition coefficient (Wildman–Crippen LogP) is 3.87. The molecule has 0 N–H and O–H groups in total. The van der Waals surface area contributed by atoms with E-state index in [-0.39, 0.29) is 17.8 Å². The topological polar surface area (TPSA) is 72.1 Å². The molecule has 7 heteroatoms. The third-order valence-corrected chi connectivity index (χ3v) is 4.88. The van der Waals surface area contributed by atoms with Gasteiger partial charge in [0, 0.05) is 19.2 Å². The van der Waals surface area contributed by atoms with E-state index >= 15 is 0 Å². The molecule has 0 unspecified atom stereocenters. The smallest absolute Gasteiger partial charge is 0.273 e. The molecule has 1 amide bonds. The van der Waals surface area contributed by atoms with Crippen LogP contribution < -0.4 is 0 Å². The van der Waals surface area contributed by atoms with Gasteiger partial charge in [-0.05, 0) is 49.9 Å². The van der Waals surface area contributed by atoms with Gasteiger partial charge in [0.1, 0.15) is 29.1 Å². The molecule has 0 bridgehead atoms. The number of halogens is 1. The second-order valence-electron chi connectivity index (χ2n) is 6.97. The lowest BCUT2D eigenvalue weighted by molar-refractivity contribution is 0.0563. The van der Waals surface area contributed by atoms with Gasteiger partial charge in [-0.1, -0.05) is 12.1 Å². The molecule has 3 aromatic rings. The van der Waals surface area contributed by atoms with Gasteiger partial charge in [0.2, 0.25) is 5.89 Å². The molecule has 144 valence electrons. The molecular formula is C21H21FN4O2. The Labute approximate surface area is 162 Å². The van der Waals surface area contributed by atoms with E-state index in [4.69, 9.17) is 4.42 Å². The summed E-state index contributed by atoms with van der Waals surface area (Å²) in [5, 5.41) is 0. The van der Waals surface area contributed by atoms with Crippen LogP contribution in [0.1, 0.15) is 58.8 Å². The lowest BCUT2D eigenvalue weighted by atomic mass is 10.0. The standard InChI is InChI=1S/C21H21FN4O2/c1-14-23-9-8-18(25-14)21(27)26-10-3-2-7-19(26)20-24-13-17(28-20)12-15-5-4-6-16(22)11-15/h4-6,8-9,11,13,19H,2-3,7,10,12H2,1H3/t19-/m1/s1. The number of aromatic nitrogens is 3. The quantitative estimate of drug-likeness (QED) is 0.687. The summed E-state index contributed by atoms with van der Waals surface area (Å²) >= 11 is 0. The highest BCUT2D eigenvalue weighted by Crippen LogP contribution is 2.32. The zero-order valence-corrected chi connectivity index (χ0v) is 15.6. The van der Waals surface area contributed by atoms with Crippen molar-refractivity contribution in [3.05, 3.63) is 77.3 Å². The summed E-state index contributed by atoms with van der Waals surface area (Å²) in [6, 6.07) is 7.82. The Kier molecular flexibility index (Phi) is 5.14. The summed E-state index contributed by atoms with van der Waals surface area (Å²) in [6.07, 6.45) is 6.43. The Morgan fingerprint density at radius 1 is 1.29 bits per heavy atom. The molecule has 28 heavy (non-hydrogen) atoms. The Hall–Kier alpha value is -3.09. The first-order chi connectivity index (χ1) is 13.6. The zero-order chi connectivity index (χ0) is 19.5. The van der Waals surface area contributed by atoms with Crippen LogP contribution in [0, 0.1) is 12.7 Å². The monoisotopic (exact) mass is 380 g/mol. The molecule has 1 aromatic carbocycles. The van der Waals surface area contributed by atoms with Gasteiger partial charge in [0.25, 0.3) is 5.91 Å². The normalized spacial score (nSPS) is 16.9. The number of carbonyl (C=O) groups excluding carboxylic acids is 1. The largest absolute Gasteiger partial charge is 0.443 e. The van der Waals surface area contributed by atoms with Crippen LogP contribution in [0.5, 0.6) is 0 Å². The van der Waals surface area contributed by atoms with Gasteiger partial charge in [-0.25, -0.2) is 19.3 Å². The molecule has 1 saturated heterocycles. The number of benzene rings is 1. The Balaban J connectivity index is 1.55. The first-order valence-corrected chi connectivity index (χ1v) is 9.40. The minimum absolute atomic E-state index is 0.139. The number of rotatable bonds is 4. The van der Waals surface area contributed by atoms with Gasteiger partial charge in [-0.3, -0.25) is 4.79 Å². The summed E-state index contributed by atoms with van der Waals surface area (Å²) in [5.41, 5.74) is 1.20. The molecule has 4 rings (SSSR count). The van der Waals surface area contributed by atoms with Crippen molar-refractivity contribution < 1.29 is 13.6 Å². The van der Waals surface area contributed by atoms with Crippen LogP contribution in [0.2, 0.25) is 0 Å². The van der Waals surface area contributed by atoms with Crippen LogP contribution in [-0.4, -0.2) is 32.3 Å². The van der Waals surface area contributed by atoms with Crippen molar-refractivity contribution >= 4 is 5.91 Å². The lowest BCUT2D eigenvalue weighted by Crippen LogP contribution is -2.39. The molecule has 0 radical (unpaired) electrons. The van der Waals surface area contributed by atoms with Crippen LogP contribution in [0.3, 0.4) is 0 Å². The van der Waals surface area contributed by atoms with Crippen molar-refractivity contribution in [1.82, 2.24) is 19.9 Å². The van der Waals surface area contributed by atoms with Gasteiger partial charge in [-0.2, -0.15) is 0 Å². The van der Waals surface area contributed by atoms with E-state index < -0.39 is 0 Å². The number of hydrogen-bond donors (Lipinski definition) is 0. The maximum Gasteiger partial charge on any atom is 0.273 e. The molecule has 3 heterocycles. The van der Waals surface area contributed by atoms with Gasteiger partial charge in [0.15, 0.2) is 0 Å². The van der Waals surface area contributed by atoms with E-state index in [0.717, 1.165) is 24.8 Å². The number of likely N-dealkylation sites (tertiary alicyclic amines) is 1. The molecule has 1 fully saturated rings. The maximum atomic E-state index is 13.4. The fraction of sp³-hybridized carbons (Fsp3) is 0.333. The van der Waals surface area contributed by atoms with Crippen LogP contribution in [0.15, 0.2) is 47.1 Å². The highest BCUT2D eigenvalue weighted by Gasteiger charge is 2.32. The molecule has 2 aromatic heterocycles. The third kappa shape index (κ3) is 3.93. The minimum Gasteiger partial charge on any atom is -0.443 e. The summed E-state index contributed by atoms with van der Waals surface area (Å²) in [7, 11) is 0. The Bertz CT molecular complexity index is 988. The van der Waals surface area contributed by atoms with Gasteiger partial charge in [0.05, 0.1) is 6.20 Å². The second-order valence-corrected chi connectivity index (χ2v) is 6.97. The molecule has 0 spiro atoms. The molecule has 1 aliphatic heterocycles. The van der Waals surface area contributed by atoms with Gasteiger partial charge >= 0.3 is 0 Å². The first-order valence-electron chi connectivity index (χ1n) is 9.40. The molecule has 1 atom stereocenters. The summed E-state index contributed by atoms with van der Waals surface area (Å²) in [6.45, 7) is 2.39.